The highest BCUT2D eigenvalue weighted by atomic mass is 15.0. The minimum absolute atomic E-state index is 0.198. The second-order valence-corrected chi connectivity index (χ2v) is 5.48. The number of rotatable bonds is 6. The van der Waals surface area contributed by atoms with Gasteiger partial charge in [0.15, 0.2) is 0 Å². The third-order valence-electron chi connectivity index (χ3n) is 3.38. The maximum Gasteiger partial charge on any atom is 0.127 e. The maximum atomic E-state index is 4.32. The molecule has 1 saturated carbocycles. The summed E-state index contributed by atoms with van der Waals surface area (Å²) < 4.78 is 0. The zero-order valence-corrected chi connectivity index (χ0v) is 11.1. The Bertz CT molecular complexity index is 369. The van der Waals surface area contributed by atoms with Crippen LogP contribution in [-0.2, 0) is 0 Å². The predicted molar refractivity (Wildman–Crippen MR) is 73.4 cm³/mol. The van der Waals surface area contributed by atoms with Crippen LogP contribution in [-0.4, -0.2) is 17.1 Å². The molecule has 0 atom stereocenters. The molecule has 2 N–H and O–H groups in total. The number of hydrogen-bond acceptors (Lipinski definition) is 3. The van der Waals surface area contributed by atoms with Crippen molar-refractivity contribution in [2.45, 2.75) is 45.6 Å². The highest BCUT2D eigenvalue weighted by Crippen LogP contribution is 2.41. The van der Waals surface area contributed by atoms with Crippen molar-refractivity contribution in [2.24, 2.45) is 5.92 Å². The second kappa shape index (κ2) is 4.94. The van der Waals surface area contributed by atoms with Crippen molar-refractivity contribution in [3.63, 3.8) is 0 Å². The Morgan fingerprint density at radius 1 is 1.41 bits per heavy atom. The SMILES string of the molecule is CCCNc1cc(NC(C)(C)C2CC2)ccn1. The Morgan fingerprint density at radius 3 is 2.82 bits per heavy atom. The molecule has 1 aromatic heterocycles. The van der Waals surface area contributed by atoms with Gasteiger partial charge in [0.2, 0.25) is 0 Å². The lowest BCUT2D eigenvalue weighted by molar-refractivity contribution is 0.494. The molecule has 0 amide bonds. The van der Waals surface area contributed by atoms with E-state index in [9.17, 15) is 0 Å². The van der Waals surface area contributed by atoms with Crippen LogP contribution >= 0.6 is 0 Å². The molecule has 1 aliphatic carbocycles. The van der Waals surface area contributed by atoms with Crippen LogP contribution < -0.4 is 10.6 Å². The number of pyridine rings is 1. The minimum atomic E-state index is 0.198. The molecule has 17 heavy (non-hydrogen) atoms. The van der Waals surface area contributed by atoms with Gasteiger partial charge >= 0.3 is 0 Å². The molecule has 1 aliphatic rings. The van der Waals surface area contributed by atoms with E-state index in [0.717, 1.165) is 30.4 Å². The van der Waals surface area contributed by atoms with Crippen LogP contribution in [0.1, 0.15) is 40.0 Å². The summed E-state index contributed by atoms with van der Waals surface area (Å²) in [4.78, 5) is 4.32. The Kier molecular flexibility index (Phi) is 3.55. The average Bonchev–Trinajstić information content (AvgIpc) is 3.10. The zero-order valence-electron chi connectivity index (χ0n) is 11.1. The first-order chi connectivity index (χ1) is 8.12. The Morgan fingerprint density at radius 2 is 2.18 bits per heavy atom. The summed E-state index contributed by atoms with van der Waals surface area (Å²) in [6, 6.07) is 4.14. The van der Waals surface area contributed by atoms with E-state index in [-0.39, 0.29) is 5.54 Å². The second-order valence-electron chi connectivity index (χ2n) is 5.48. The molecule has 3 nitrogen and oxygen atoms in total. The topological polar surface area (TPSA) is 37.0 Å². The summed E-state index contributed by atoms with van der Waals surface area (Å²) in [7, 11) is 0. The van der Waals surface area contributed by atoms with Crippen LogP contribution in [0.5, 0.6) is 0 Å². The molecule has 3 heteroatoms. The molecule has 0 aromatic carbocycles. The normalized spacial score (nSPS) is 15.7. The van der Waals surface area contributed by atoms with Crippen molar-refractivity contribution in [2.75, 3.05) is 17.2 Å². The van der Waals surface area contributed by atoms with E-state index in [1.165, 1.54) is 12.8 Å². The van der Waals surface area contributed by atoms with Crippen LogP contribution in [0.4, 0.5) is 11.5 Å². The predicted octanol–water partition coefficient (Wildman–Crippen LogP) is 3.50. The minimum Gasteiger partial charge on any atom is -0.380 e. The van der Waals surface area contributed by atoms with Crippen molar-refractivity contribution in [1.82, 2.24) is 4.98 Å². The molecule has 1 fully saturated rings. The smallest absolute Gasteiger partial charge is 0.127 e. The molecule has 0 spiro atoms. The largest absolute Gasteiger partial charge is 0.380 e. The fraction of sp³-hybridized carbons (Fsp3) is 0.643. The van der Waals surface area contributed by atoms with Gasteiger partial charge in [-0.05, 0) is 45.1 Å². The average molecular weight is 233 g/mol. The molecular weight excluding hydrogens is 210 g/mol. The van der Waals surface area contributed by atoms with Gasteiger partial charge in [-0.3, -0.25) is 0 Å². The standard InChI is InChI=1S/C14H23N3/c1-4-8-15-13-10-12(7-9-16-13)17-14(2,3)11-5-6-11/h7,9-11H,4-6,8H2,1-3H3,(H2,15,16,17). The molecule has 0 saturated heterocycles. The molecule has 2 rings (SSSR count). The number of nitrogens with zero attached hydrogens (tertiary/aromatic N) is 1. The van der Waals surface area contributed by atoms with Crippen molar-refractivity contribution < 1.29 is 0 Å². The Balaban J connectivity index is 2.00. The third kappa shape index (κ3) is 3.35. The Hall–Kier alpha value is -1.25. The van der Waals surface area contributed by atoms with Crippen LogP contribution in [0.15, 0.2) is 18.3 Å². The first-order valence-electron chi connectivity index (χ1n) is 6.60. The fourth-order valence-corrected chi connectivity index (χ4v) is 2.14. The lowest BCUT2D eigenvalue weighted by atomic mass is 9.98. The number of aromatic nitrogens is 1. The molecule has 0 aliphatic heterocycles. The molecule has 0 radical (unpaired) electrons. The monoisotopic (exact) mass is 233 g/mol. The van der Waals surface area contributed by atoms with Crippen molar-refractivity contribution in [1.29, 1.82) is 0 Å². The van der Waals surface area contributed by atoms with Crippen LogP contribution in [0.2, 0.25) is 0 Å². The van der Waals surface area contributed by atoms with E-state index in [4.69, 9.17) is 0 Å². The van der Waals surface area contributed by atoms with Gasteiger partial charge in [0.25, 0.3) is 0 Å². The van der Waals surface area contributed by atoms with Gasteiger partial charge < -0.3 is 10.6 Å². The van der Waals surface area contributed by atoms with Gasteiger partial charge in [0.05, 0.1) is 0 Å². The van der Waals surface area contributed by atoms with E-state index >= 15 is 0 Å². The van der Waals surface area contributed by atoms with Gasteiger partial charge in [-0.1, -0.05) is 6.92 Å². The third-order valence-corrected chi connectivity index (χ3v) is 3.38. The molecule has 1 aromatic rings. The van der Waals surface area contributed by atoms with E-state index < -0.39 is 0 Å². The van der Waals surface area contributed by atoms with Crippen molar-refractivity contribution >= 4 is 11.5 Å². The van der Waals surface area contributed by atoms with Gasteiger partial charge in [-0.25, -0.2) is 4.98 Å². The zero-order chi connectivity index (χ0) is 12.3. The quantitative estimate of drug-likeness (QED) is 0.789. The van der Waals surface area contributed by atoms with Crippen LogP contribution in [0.25, 0.3) is 0 Å². The van der Waals surface area contributed by atoms with E-state index in [1.807, 2.05) is 12.3 Å². The summed E-state index contributed by atoms with van der Waals surface area (Å²) in [5.74, 6) is 1.78. The lowest BCUT2D eigenvalue weighted by Crippen LogP contribution is -2.33. The van der Waals surface area contributed by atoms with Crippen molar-refractivity contribution in [3.8, 4) is 0 Å². The van der Waals surface area contributed by atoms with E-state index in [2.05, 4.69) is 42.5 Å². The van der Waals surface area contributed by atoms with Crippen molar-refractivity contribution in [3.05, 3.63) is 18.3 Å². The summed E-state index contributed by atoms with van der Waals surface area (Å²) in [5.41, 5.74) is 1.36. The number of hydrogen-bond donors (Lipinski definition) is 2. The first-order valence-corrected chi connectivity index (χ1v) is 6.60. The Labute approximate surface area is 104 Å². The van der Waals surface area contributed by atoms with Gasteiger partial charge in [-0.2, -0.15) is 0 Å². The molecule has 1 heterocycles. The number of nitrogens with one attached hydrogen (secondary N) is 2. The fourth-order valence-electron chi connectivity index (χ4n) is 2.14. The number of anilines is 2. The van der Waals surface area contributed by atoms with Crippen LogP contribution in [0, 0.1) is 5.92 Å². The highest BCUT2D eigenvalue weighted by Gasteiger charge is 2.37. The molecular formula is C14H23N3. The van der Waals surface area contributed by atoms with Gasteiger partial charge in [0.1, 0.15) is 5.82 Å². The molecule has 0 bridgehead atoms. The highest BCUT2D eigenvalue weighted by molar-refractivity contribution is 5.53. The van der Waals surface area contributed by atoms with Gasteiger partial charge in [0, 0.05) is 30.0 Å². The van der Waals surface area contributed by atoms with E-state index in [0.29, 0.717) is 0 Å². The van der Waals surface area contributed by atoms with E-state index in [1.54, 1.807) is 0 Å². The summed E-state index contributed by atoms with van der Waals surface area (Å²) in [5, 5.41) is 6.93. The molecule has 94 valence electrons. The van der Waals surface area contributed by atoms with Gasteiger partial charge in [-0.15, -0.1) is 0 Å². The first kappa shape index (κ1) is 12.2. The molecule has 0 unspecified atom stereocenters. The summed E-state index contributed by atoms with van der Waals surface area (Å²) >= 11 is 0. The summed E-state index contributed by atoms with van der Waals surface area (Å²) in [6.45, 7) is 7.70. The maximum absolute atomic E-state index is 4.32. The van der Waals surface area contributed by atoms with Crippen LogP contribution in [0.3, 0.4) is 0 Å². The lowest BCUT2D eigenvalue weighted by Gasteiger charge is -2.27. The summed E-state index contributed by atoms with van der Waals surface area (Å²) in [6.07, 6.45) is 5.69.